The fraction of sp³-hybridized carbons (Fsp3) is 0.583. The average molecular weight is 240 g/mol. The van der Waals surface area contributed by atoms with Gasteiger partial charge in [-0.25, -0.2) is 4.98 Å². The zero-order chi connectivity index (χ0) is 11.5. The van der Waals surface area contributed by atoms with Crippen molar-refractivity contribution in [3.8, 4) is 0 Å². The van der Waals surface area contributed by atoms with Crippen molar-refractivity contribution in [1.82, 2.24) is 9.88 Å². The molecule has 1 aromatic heterocycles. The normalized spacial score (nSPS) is 26.7. The molecule has 0 aromatic carbocycles. The molecule has 4 heteroatoms. The van der Waals surface area contributed by atoms with Gasteiger partial charge in [0.1, 0.15) is 5.15 Å². The molecular weight excluding hydrogens is 222 g/mol. The van der Waals surface area contributed by atoms with Crippen molar-refractivity contribution in [2.45, 2.75) is 19.4 Å². The van der Waals surface area contributed by atoms with Gasteiger partial charge in [-0.2, -0.15) is 0 Å². The van der Waals surface area contributed by atoms with Gasteiger partial charge in [0.15, 0.2) is 0 Å². The minimum atomic E-state index is 0.537. The molecule has 0 radical (unpaired) electrons. The second-order valence-electron chi connectivity index (χ2n) is 4.65. The van der Waals surface area contributed by atoms with Crippen LogP contribution >= 0.6 is 11.6 Å². The molecule has 0 amide bonds. The van der Waals surface area contributed by atoms with Crippen LogP contribution in [-0.2, 0) is 0 Å². The standard InChI is InChI=1S/C12H18ClN3/c1-9-8-16(2)6-4-11(9)15-10-3-5-14-12(13)7-10/h3,5,7,9,11H,4,6,8H2,1-2H3,(H,14,15). The minimum absolute atomic E-state index is 0.537. The summed E-state index contributed by atoms with van der Waals surface area (Å²) < 4.78 is 0. The summed E-state index contributed by atoms with van der Waals surface area (Å²) >= 11 is 5.86. The SMILES string of the molecule is CC1CN(C)CCC1Nc1ccnc(Cl)c1. The molecule has 1 aliphatic heterocycles. The molecule has 1 N–H and O–H groups in total. The molecule has 2 rings (SSSR count). The molecular formula is C12H18ClN3. The van der Waals surface area contributed by atoms with E-state index in [0.717, 1.165) is 18.8 Å². The molecule has 3 nitrogen and oxygen atoms in total. The van der Waals surface area contributed by atoms with Crippen LogP contribution in [0.4, 0.5) is 5.69 Å². The van der Waals surface area contributed by atoms with Crippen LogP contribution in [0.5, 0.6) is 0 Å². The van der Waals surface area contributed by atoms with Crippen LogP contribution in [0.3, 0.4) is 0 Å². The Bertz CT molecular complexity index is 356. The number of rotatable bonds is 2. The highest BCUT2D eigenvalue weighted by molar-refractivity contribution is 6.29. The van der Waals surface area contributed by atoms with Crippen molar-refractivity contribution in [2.75, 3.05) is 25.5 Å². The van der Waals surface area contributed by atoms with Gasteiger partial charge < -0.3 is 10.2 Å². The van der Waals surface area contributed by atoms with Crippen LogP contribution in [0.1, 0.15) is 13.3 Å². The Labute approximate surface area is 102 Å². The zero-order valence-electron chi connectivity index (χ0n) is 9.78. The highest BCUT2D eigenvalue weighted by Crippen LogP contribution is 2.21. The first-order valence-electron chi connectivity index (χ1n) is 5.72. The molecule has 0 saturated carbocycles. The highest BCUT2D eigenvalue weighted by Gasteiger charge is 2.23. The van der Waals surface area contributed by atoms with Crippen LogP contribution in [0.25, 0.3) is 0 Å². The van der Waals surface area contributed by atoms with Gasteiger partial charge in [-0.15, -0.1) is 0 Å². The predicted octanol–water partition coefficient (Wildman–Crippen LogP) is 2.49. The third-order valence-corrected chi connectivity index (χ3v) is 3.39. The van der Waals surface area contributed by atoms with E-state index >= 15 is 0 Å². The molecule has 0 bridgehead atoms. The van der Waals surface area contributed by atoms with E-state index in [0.29, 0.717) is 17.1 Å². The maximum absolute atomic E-state index is 5.86. The lowest BCUT2D eigenvalue weighted by atomic mass is 9.94. The summed E-state index contributed by atoms with van der Waals surface area (Å²) in [6.07, 6.45) is 2.92. The first-order chi connectivity index (χ1) is 7.65. The number of nitrogens with one attached hydrogen (secondary N) is 1. The Morgan fingerprint density at radius 1 is 1.56 bits per heavy atom. The molecule has 88 valence electrons. The second kappa shape index (κ2) is 5.02. The van der Waals surface area contributed by atoms with E-state index < -0.39 is 0 Å². The first-order valence-corrected chi connectivity index (χ1v) is 6.09. The highest BCUT2D eigenvalue weighted by atomic mass is 35.5. The lowest BCUT2D eigenvalue weighted by molar-refractivity contribution is 0.206. The van der Waals surface area contributed by atoms with Crippen molar-refractivity contribution in [2.24, 2.45) is 5.92 Å². The van der Waals surface area contributed by atoms with E-state index in [1.807, 2.05) is 12.1 Å². The average Bonchev–Trinajstić information content (AvgIpc) is 2.22. The Balaban J connectivity index is 1.99. The van der Waals surface area contributed by atoms with Gasteiger partial charge in [0.05, 0.1) is 0 Å². The number of likely N-dealkylation sites (tertiary alicyclic amines) is 1. The third kappa shape index (κ3) is 2.86. The van der Waals surface area contributed by atoms with Gasteiger partial charge in [0, 0.05) is 24.5 Å². The zero-order valence-corrected chi connectivity index (χ0v) is 10.5. The summed E-state index contributed by atoms with van der Waals surface area (Å²) in [6, 6.07) is 4.39. The van der Waals surface area contributed by atoms with Crippen molar-refractivity contribution in [1.29, 1.82) is 0 Å². The van der Waals surface area contributed by atoms with Crippen LogP contribution < -0.4 is 5.32 Å². The Hall–Kier alpha value is -0.800. The van der Waals surface area contributed by atoms with E-state index in [9.17, 15) is 0 Å². The van der Waals surface area contributed by atoms with Crippen molar-refractivity contribution < 1.29 is 0 Å². The minimum Gasteiger partial charge on any atom is -0.382 e. The molecule has 1 aromatic rings. The summed E-state index contributed by atoms with van der Waals surface area (Å²) in [4.78, 5) is 6.36. The fourth-order valence-corrected chi connectivity index (χ4v) is 2.45. The van der Waals surface area contributed by atoms with Gasteiger partial charge >= 0.3 is 0 Å². The Kier molecular flexibility index (Phi) is 3.66. The maximum atomic E-state index is 5.86. The number of halogens is 1. The number of pyridine rings is 1. The van der Waals surface area contributed by atoms with E-state index in [2.05, 4.69) is 29.2 Å². The van der Waals surface area contributed by atoms with Crippen LogP contribution in [0, 0.1) is 5.92 Å². The molecule has 0 spiro atoms. The van der Waals surface area contributed by atoms with Crippen molar-refractivity contribution >= 4 is 17.3 Å². The summed E-state index contributed by atoms with van der Waals surface area (Å²) in [5.74, 6) is 0.658. The molecule has 1 fully saturated rings. The second-order valence-corrected chi connectivity index (χ2v) is 5.03. The number of hydrogen-bond acceptors (Lipinski definition) is 3. The van der Waals surface area contributed by atoms with E-state index in [-0.39, 0.29) is 0 Å². The third-order valence-electron chi connectivity index (χ3n) is 3.19. The number of anilines is 1. The fourth-order valence-electron chi connectivity index (χ4n) is 2.27. The lowest BCUT2D eigenvalue weighted by Gasteiger charge is -2.35. The predicted molar refractivity (Wildman–Crippen MR) is 67.9 cm³/mol. The molecule has 16 heavy (non-hydrogen) atoms. The Morgan fingerprint density at radius 3 is 3.06 bits per heavy atom. The van der Waals surface area contributed by atoms with Gasteiger partial charge in [0.2, 0.25) is 0 Å². The summed E-state index contributed by atoms with van der Waals surface area (Å²) in [7, 11) is 2.18. The van der Waals surface area contributed by atoms with Crippen LogP contribution in [-0.4, -0.2) is 36.1 Å². The van der Waals surface area contributed by atoms with E-state index in [1.54, 1.807) is 6.20 Å². The van der Waals surface area contributed by atoms with Gasteiger partial charge in [-0.05, 0) is 38.1 Å². The van der Waals surface area contributed by atoms with E-state index in [1.165, 1.54) is 6.42 Å². The molecule has 2 atom stereocenters. The topological polar surface area (TPSA) is 28.2 Å². The summed E-state index contributed by atoms with van der Waals surface area (Å²) in [5.41, 5.74) is 1.07. The number of nitrogens with zero attached hydrogens (tertiary/aromatic N) is 2. The van der Waals surface area contributed by atoms with E-state index in [4.69, 9.17) is 11.6 Å². The van der Waals surface area contributed by atoms with Crippen molar-refractivity contribution in [3.63, 3.8) is 0 Å². The smallest absolute Gasteiger partial charge is 0.131 e. The van der Waals surface area contributed by atoms with Crippen molar-refractivity contribution in [3.05, 3.63) is 23.5 Å². The Morgan fingerprint density at radius 2 is 2.38 bits per heavy atom. The largest absolute Gasteiger partial charge is 0.382 e. The molecule has 0 aliphatic carbocycles. The van der Waals surface area contributed by atoms with Crippen LogP contribution in [0.15, 0.2) is 18.3 Å². The van der Waals surface area contributed by atoms with Gasteiger partial charge in [-0.3, -0.25) is 0 Å². The quantitative estimate of drug-likeness (QED) is 0.804. The van der Waals surface area contributed by atoms with Crippen LogP contribution in [0.2, 0.25) is 5.15 Å². The lowest BCUT2D eigenvalue weighted by Crippen LogP contribution is -2.43. The molecule has 1 saturated heterocycles. The molecule has 2 unspecified atom stereocenters. The maximum Gasteiger partial charge on any atom is 0.131 e. The summed E-state index contributed by atoms with van der Waals surface area (Å²) in [6.45, 7) is 4.59. The molecule has 1 aliphatic rings. The van der Waals surface area contributed by atoms with Gasteiger partial charge in [0.25, 0.3) is 0 Å². The van der Waals surface area contributed by atoms with Gasteiger partial charge in [-0.1, -0.05) is 18.5 Å². The summed E-state index contributed by atoms with van der Waals surface area (Å²) in [5, 5.41) is 4.09. The number of aromatic nitrogens is 1. The number of hydrogen-bond donors (Lipinski definition) is 1. The monoisotopic (exact) mass is 239 g/mol. The first kappa shape index (κ1) is 11.7. The number of piperidine rings is 1. The molecule has 2 heterocycles.